The molecule has 0 aliphatic rings. The van der Waals surface area contributed by atoms with Crippen molar-refractivity contribution in [2.75, 3.05) is 0 Å². The molecule has 0 amide bonds. The Hall–Kier alpha value is -3.86. The van der Waals surface area contributed by atoms with Gasteiger partial charge in [0.05, 0.1) is 0 Å². The molecule has 0 spiro atoms. The minimum Gasteiger partial charge on any atom is -0.382 e. The Morgan fingerprint density at radius 3 is 1.03 bits per heavy atom. The van der Waals surface area contributed by atoms with Crippen molar-refractivity contribution in [2.24, 2.45) is 10.2 Å². The molecule has 0 fully saturated rings. The van der Waals surface area contributed by atoms with Crippen LogP contribution in [0.4, 0.5) is 0 Å². The van der Waals surface area contributed by atoms with E-state index in [0.717, 1.165) is 22.3 Å². The Labute approximate surface area is 187 Å². The summed E-state index contributed by atoms with van der Waals surface area (Å²) in [6, 6.07) is 37.6. The van der Waals surface area contributed by atoms with Gasteiger partial charge in [-0.2, -0.15) is 10.2 Å². The van der Waals surface area contributed by atoms with Gasteiger partial charge >= 0.3 is 0 Å². The molecule has 2 N–H and O–H groups in total. The second kappa shape index (κ2) is 10.4. The summed E-state index contributed by atoms with van der Waals surface area (Å²) >= 11 is 0. The number of hydrogen-bond acceptors (Lipinski definition) is 4. The second-order valence-electron chi connectivity index (χ2n) is 7.33. The van der Waals surface area contributed by atoms with Gasteiger partial charge in [0, 0.05) is 11.1 Å². The Balaban J connectivity index is 1.82. The summed E-state index contributed by atoms with van der Waals surface area (Å²) in [7, 11) is 0. The van der Waals surface area contributed by atoms with E-state index in [0.29, 0.717) is 11.4 Å². The maximum absolute atomic E-state index is 11.1. The Bertz CT molecular complexity index is 1080. The van der Waals surface area contributed by atoms with E-state index in [1.54, 1.807) is 0 Å². The van der Waals surface area contributed by atoms with Crippen LogP contribution in [0.25, 0.3) is 0 Å². The number of rotatable bonds is 7. The fraction of sp³-hybridized carbons (Fsp3) is 0.0714. The fourth-order valence-corrected chi connectivity index (χ4v) is 3.45. The third-order valence-electron chi connectivity index (χ3n) is 5.15. The Morgan fingerprint density at radius 2 is 0.719 bits per heavy atom. The summed E-state index contributed by atoms with van der Waals surface area (Å²) < 4.78 is 0. The van der Waals surface area contributed by atoms with Crippen molar-refractivity contribution in [1.29, 1.82) is 0 Å². The highest BCUT2D eigenvalue weighted by Crippen LogP contribution is 2.22. The lowest BCUT2D eigenvalue weighted by Gasteiger charge is -2.16. The molecular weight excluding hydrogens is 396 g/mol. The van der Waals surface area contributed by atoms with Gasteiger partial charge in [-0.15, -0.1) is 0 Å². The molecular formula is C28H24N2O2. The molecule has 4 aromatic carbocycles. The minimum atomic E-state index is -0.965. The molecule has 158 valence electrons. The van der Waals surface area contributed by atoms with Crippen molar-refractivity contribution >= 4 is 11.4 Å². The monoisotopic (exact) mass is 420 g/mol. The van der Waals surface area contributed by atoms with Gasteiger partial charge in [-0.25, -0.2) is 0 Å². The van der Waals surface area contributed by atoms with Crippen LogP contribution in [0.1, 0.15) is 34.5 Å². The Morgan fingerprint density at radius 1 is 0.438 bits per heavy atom. The van der Waals surface area contributed by atoms with Crippen LogP contribution in [0.15, 0.2) is 132 Å². The summed E-state index contributed by atoms with van der Waals surface area (Å²) in [6.45, 7) is 0. The van der Waals surface area contributed by atoms with Crippen LogP contribution in [-0.4, -0.2) is 21.6 Å². The second-order valence-corrected chi connectivity index (χ2v) is 7.33. The molecule has 0 radical (unpaired) electrons. The molecule has 0 aromatic heterocycles. The lowest BCUT2D eigenvalue weighted by molar-refractivity contribution is 0.245. The van der Waals surface area contributed by atoms with E-state index in [1.165, 1.54) is 0 Å². The average Bonchev–Trinajstić information content (AvgIpc) is 2.88. The molecule has 0 saturated heterocycles. The van der Waals surface area contributed by atoms with E-state index in [1.807, 2.05) is 121 Å². The van der Waals surface area contributed by atoms with E-state index >= 15 is 0 Å². The SMILES string of the molecule is O[C@@H](/C(=N/N=C(\c1ccccc1)[C@H](O)c1ccccc1)c1ccccc1)c1ccccc1. The van der Waals surface area contributed by atoms with Crippen LogP contribution < -0.4 is 0 Å². The first-order valence-electron chi connectivity index (χ1n) is 10.5. The smallest absolute Gasteiger partial charge is 0.123 e. The quantitative estimate of drug-likeness (QED) is 0.313. The van der Waals surface area contributed by atoms with Gasteiger partial charge in [0.1, 0.15) is 23.6 Å². The predicted molar refractivity (Wildman–Crippen MR) is 129 cm³/mol. The van der Waals surface area contributed by atoms with E-state index in [-0.39, 0.29) is 0 Å². The normalized spacial score (nSPS) is 14.1. The van der Waals surface area contributed by atoms with Crippen LogP contribution in [0.5, 0.6) is 0 Å². The van der Waals surface area contributed by atoms with Crippen LogP contribution in [0, 0.1) is 0 Å². The summed E-state index contributed by atoms with van der Waals surface area (Å²) in [4.78, 5) is 0. The van der Waals surface area contributed by atoms with Crippen LogP contribution in [-0.2, 0) is 0 Å². The summed E-state index contributed by atoms with van der Waals surface area (Å²) in [5, 5.41) is 31.2. The molecule has 0 saturated carbocycles. The van der Waals surface area contributed by atoms with E-state index in [9.17, 15) is 10.2 Å². The highest BCUT2D eigenvalue weighted by Gasteiger charge is 2.20. The molecule has 0 aliphatic heterocycles. The van der Waals surface area contributed by atoms with Crippen LogP contribution in [0.3, 0.4) is 0 Å². The lowest BCUT2D eigenvalue weighted by atomic mass is 9.99. The van der Waals surface area contributed by atoms with Gasteiger partial charge in [-0.3, -0.25) is 0 Å². The van der Waals surface area contributed by atoms with Gasteiger partial charge in [-0.1, -0.05) is 121 Å². The van der Waals surface area contributed by atoms with Crippen molar-refractivity contribution in [1.82, 2.24) is 0 Å². The van der Waals surface area contributed by atoms with Crippen molar-refractivity contribution in [3.05, 3.63) is 144 Å². The molecule has 0 unspecified atom stereocenters. The maximum atomic E-state index is 11.1. The predicted octanol–water partition coefficient (Wildman–Crippen LogP) is 5.35. The fourth-order valence-electron chi connectivity index (χ4n) is 3.45. The molecule has 0 aliphatic carbocycles. The largest absolute Gasteiger partial charge is 0.382 e. The van der Waals surface area contributed by atoms with Crippen molar-refractivity contribution in [3.8, 4) is 0 Å². The first-order chi connectivity index (χ1) is 15.7. The number of nitrogens with zero attached hydrogens (tertiary/aromatic N) is 2. The van der Waals surface area contributed by atoms with Gasteiger partial charge in [0.2, 0.25) is 0 Å². The number of aliphatic hydroxyl groups excluding tert-OH is 2. The summed E-state index contributed by atoms with van der Waals surface area (Å²) in [6.07, 6.45) is -1.93. The van der Waals surface area contributed by atoms with Gasteiger partial charge in [0.25, 0.3) is 0 Å². The highest BCUT2D eigenvalue weighted by molar-refractivity contribution is 6.07. The summed E-state index contributed by atoms with van der Waals surface area (Å²) in [5.41, 5.74) is 3.77. The third-order valence-corrected chi connectivity index (χ3v) is 5.15. The molecule has 4 nitrogen and oxygen atoms in total. The zero-order valence-electron chi connectivity index (χ0n) is 17.5. The number of aliphatic hydroxyl groups is 2. The first-order valence-corrected chi connectivity index (χ1v) is 10.5. The zero-order chi connectivity index (χ0) is 22.2. The van der Waals surface area contributed by atoms with Crippen molar-refractivity contribution < 1.29 is 10.2 Å². The minimum absolute atomic E-state index is 0.408. The average molecular weight is 421 g/mol. The van der Waals surface area contributed by atoms with Crippen LogP contribution >= 0.6 is 0 Å². The van der Waals surface area contributed by atoms with Gasteiger partial charge in [-0.05, 0) is 11.1 Å². The molecule has 4 rings (SSSR count). The van der Waals surface area contributed by atoms with Crippen molar-refractivity contribution in [3.63, 3.8) is 0 Å². The standard InChI is InChI=1S/C28H24N2O2/c31-27(23-17-9-3-10-18-23)25(21-13-5-1-6-14-21)29-30-26(22-15-7-2-8-16-22)28(32)24-19-11-4-12-20-24/h1-20,27-28,31-32H/b29-25+,30-26+/t27-,28-/m1/s1. The summed E-state index contributed by atoms with van der Waals surface area (Å²) in [5.74, 6) is 0. The van der Waals surface area contributed by atoms with Crippen LogP contribution in [0.2, 0.25) is 0 Å². The Kier molecular flexibility index (Phi) is 6.98. The van der Waals surface area contributed by atoms with E-state index in [2.05, 4.69) is 10.2 Å². The number of hydrogen-bond donors (Lipinski definition) is 2. The third kappa shape index (κ3) is 5.06. The molecule has 4 aromatic rings. The van der Waals surface area contributed by atoms with Gasteiger partial charge < -0.3 is 10.2 Å². The molecule has 4 heteroatoms. The lowest BCUT2D eigenvalue weighted by Crippen LogP contribution is -2.16. The van der Waals surface area contributed by atoms with Gasteiger partial charge in [0.15, 0.2) is 0 Å². The molecule has 2 atom stereocenters. The van der Waals surface area contributed by atoms with E-state index in [4.69, 9.17) is 0 Å². The number of benzene rings is 4. The van der Waals surface area contributed by atoms with Crippen molar-refractivity contribution in [2.45, 2.75) is 12.2 Å². The highest BCUT2D eigenvalue weighted by atomic mass is 16.3. The molecule has 0 bridgehead atoms. The molecule has 32 heavy (non-hydrogen) atoms. The zero-order valence-corrected chi connectivity index (χ0v) is 17.5. The van der Waals surface area contributed by atoms with E-state index < -0.39 is 12.2 Å². The molecule has 0 heterocycles. The topological polar surface area (TPSA) is 65.2 Å². The first kappa shape index (κ1) is 21.4. The maximum Gasteiger partial charge on any atom is 0.123 e.